The normalized spacial score (nSPS) is 28.2. The van der Waals surface area contributed by atoms with E-state index in [2.05, 4.69) is 10.6 Å². The molecule has 0 spiro atoms. The number of hydrogen-bond acceptors (Lipinski definition) is 13. The number of nitrogens with one attached hydrogen (secondary N) is 2. The van der Waals surface area contributed by atoms with Gasteiger partial charge in [-0.3, -0.25) is 24.1 Å². The molecule has 71 heavy (non-hydrogen) atoms. The lowest BCUT2D eigenvalue weighted by Crippen LogP contribution is -2.60. The van der Waals surface area contributed by atoms with Gasteiger partial charge in [-0.15, -0.1) is 0 Å². The number of aliphatic hydroxyl groups is 3. The molecule has 0 bridgehead atoms. The lowest BCUT2D eigenvalue weighted by Gasteiger charge is -2.45. The van der Waals surface area contributed by atoms with E-state index in [4.69, 9.17) is 24.7 Å². The van der Waals surface area contributed by atoms with Crippen molar-refractivity contribution in [1.82, 2.24) is 10.2 Å². The predicted molar refractivity (Wildman–Crippen MR) is 268 cm³/mol. The number of amides is 3. The Morgan fingerprint density at radius 3 is 2.35 bits per heavy atom. The fourth-order valence-electron chi connectivity index (χ4n) is 9.30. The molecule has 18 heteroatoms. The van der Waals surface area contributed by atoms with Gasteiger partial charge in [-0.1, -0.05) is 71.1 Å². The topological polar surface area (TPSA) is 260 Å². The molecule has 0 saturated carbocycles. The van der Waals surface area contributed by atoms with Crippen LogP contribution in [0, 0.1) is 17.8 Å². The quantitative estimate of drug-likeness (QED) is 0.0282. The smallest absolute Gasteiger partial charge is 0.410 e. The standard InChI is InChI=1S/C53H83N5O13/c1-11-41(60)36(6)48-42(69-48)31-52(8,67)23-12-14-34(4)47-35(5)16-21-43(53(9,68-10)24-22-40(59)30-45(63)71-47)70-51(66)57-25-28-58(29-26-57,27-13-15-44(61)62)32-38-17-19-39(20-18-38)56-49(64)37(7)55-50(65)46(54)33(2)3/h12,14,16-21,23,33,35-37,40-43,46-48,59-60,67H,11,13,15,22,24-32,54H2,1-10H3,(H2-,55,56,61,62,64,65)/p+1/b21-16+,23-12+,34-14+/t35-,36+,37?,40+,41-,42?,43-,46-,47+,48+,52-,53+/m0/s1. The molecule has 2 unspecified atom stereocenters. The second kappa shape index (κ2) is 26.3. The van der Waals surface area contributed by atoms with Gasteiger partial charge in [-0.25, -0.2) is 4.79 Å². The van der Waals surface area contributed by atoms with Crippen LogP contribution in [-0.2, 0) is 44.7 Å². The average molecular weight is 999 g/mol. The molecule has 8 N–H and O–H groups in total. The third-order valence-corrected chi connectivity index (χ3v) is 14.5. The van der Waals surface area contributed by atoms with Gasteiger partial charge in [-0.05, 0) is 76.7 Å². The molecule has 2 fully saturated rings. The van der Waals surface area contributed by atoms with E-state index in [0.29, 0.717) is 74.3 Å². The Hall–Kier alpha value is -4.69. The summed E-state index contributed by atoms with van der Waals surface area (Å²) in [5.74, 6) is -2.82. The van der Waals surface area contributed by atoms with Crippen LogP contribution in [0.5, 0.6) is 0 Å². The van der Waals surface area contributed by atoms with Crippen molar-refractivity contribution in [2.45, 2.75) is 174 Å². The van der Waals surface area contributed by atoms with Crippen LogP contribution in [0.2, 0.25) is 0 Å². The number of benzene rings is 1. The Morgan fingerprint density at radius 2 is 1.75 bits per heavy atom. The van der Waals surface area contributed by atoms with Crippen molar-refractivity contribution < 1.29 is 67.8 Å². The minimum absolute atomic E-state index is 0.000714. The number of carbonyl (C=O) groups is 5. The molecular formula is C53H84N5O13+. The third-order valence-electron chi connectivity index (χ3n) is 14.5. The molecule has 3 aliphatic heterocycles. The van der Waals surface area contributed by atoms with Crippen molar-refractivity contribution in [3.63, 3.8) is 0 Å². The summed E-state index contributed by atoms with van der Waals surface area (Å²) in [5.41, 5.74) is 5.82. The summed E-state index contributed by atoms with van der Waals surface area (Å²) in [7, 11) is 1.52. The maximum atomic E-state index is 14.1. The van der Waals surface area contributed by atoms with Crippen molar-refractivity contribution in [1.29, 1.82) is 0 Å². The van der Waals surface area contributed by atoms with Crippen molar-refractivity contribution in [2.75, 3.05) is 45.2 Å². The van der Waals surface area contributed by atoms with Crippen LogP contribution in [0.3, 0.4) is 0 Å². The van der Waals surface area contributed by atoms with Gasteiger partial charge >= 0.3 is 18.0 Å². The fourth-order valence-corrected chi connectivity index (χ4v) is 9.30. The van der Waals surface area contributed by atoms with Crippen molar-refractivity contribution in [3.05, 3.63) is 65.8 Å². The van der Waals surface area contributed by atoms with E-state index in [-0.39, 0.29) is 49.7 Å². The highest BCUT2D eigenvalue weighted by Crippen LogP contribution is 2.38. The molecule has 18 nitrogen and oxygen atoms in total. The zero-order chi connectivity index (χ0) is 52.8. The number of carboxylic acid groups (broad SMARTS) is 1. The van der Waals surface area contributed by atoms with Crippen LogP contribution >= 0.6 is 0 Å². The zero-order valence-corrected chi connectivity index (χ0v) is 43.7. The number of carboxylic acids is 1. The van der Waals surface area contributed by atoms with E-state index in [0.717, 1.165) is 5.56 Å². The predicted octanol–water partition coefficient (Wildman–Crippen LogP) is 4.99. The lowest BCUT2D eigenvalue weighted by molar-refractivity contribution is -0.944. The van der Waals surface area contributed by atoms with E-state index in [1.807, 2.05) is 59.8 Å². The van der Waals surface area contributed by atoms with Gasteiger partial charge in [0, 0.05) is 43.0 Å². The number of anilines is 1. The first-order chi connectivity index (χ1) is 33.3. The summed E-state index contributed by atoms with van der Waals surface area (Å²) >= 11 is 0. The number of ether oxygens (including phenoxy) is 4. The SMILES string of the molecule is CC[C@H](O)[C@@H](C)[C@H]1OC1C[C@@](C)(O)/C=C/C=C(\C)[C@H]1OC(=O)C[C@H](O)CC[C@@](C)(OC)[C@@H](OC(=O)N2CC[N+](CCCC(=O)O)(Cc3ccc(NC(=O)C(C)NC(=O)[C@@H](N)C(C)C)cc3)CC2)/C=C/[C@@H]1C. The second-order valence-electron chi connectivity index (χ2n) is 21.0. The molecule has 0 radical (unpaired) electrons. The number of esters is 1. The van der Waals surface area contributed by atoms with E-state index < -0.39 is 83.5 Å². The Balaban J connectivity index is 1.46. The Morgan fingerprint density at radius 1 is 1.08 bits per heavy atom. The largest absolute Gasteiger partial charge is 0.481 e. The Kier molecular flexibility index (Phi) is 21.8. The average Bonchev–Trinajstić information content (AvgIpc) is 4.08. The zero-order valence-electron chi connectivity index (χ0n) is 43.7. The number of epoxide rings is 1. The number of aliphatic carboxylic acids is 1. The molecule has 3 aliphatic rings. The summed E-state index contributed by atoms with van der Waals surface area (Å²) in [5, 5.41) is 47.4. The molecule has 0 aromatic heterocycles. The number of allylic oxidation sites excluding steroid dienone is 2. The van der Waals surface area contributed by atoms with Gasteiger partial charge in [-0.2, -0.15) is 0 Å². The van der Waals surface area contributed by atoms with Crippen molar-refractivity contribution in [3.8, 4) is 0 Å². The Labute approximate surface area is 420 Å². The highest BCUT2D eigenvalue weighted by Gasteiger charge is 2.47. The molecule has 12 atom stereocenters. The third kappa shape index (κ3) is 17.8. The molecule has 1 aromatic rings. The van der Waals surface area contributed by atoms with Crippen LogP contribution in [0.1, 0.15) is 113 Å². The highest BCUT2D eigenvalue weighted by atomic mass is 16.6. The van der Waals surface area contributed by atoms with Gasteiger partial charge in [0.25, 0.3) is 0 Å². The van der Waals surface area contributed by atoms with Gasteiger partial charge in [0.2, 0.25) is 11.8 Å². The van der Waals surface area contributed by atoms with Gasteiger partial charge in [0.1, 0.15) is 24.3 Å². The highest BCUT2D eigenvalue weighted by molar-refractivity contribution is 5.97. The maximum absolute atomic E-state index is 14.1. The number of piperazine rings is 1. The monoisotopic (exact) mass is 999 g/mol. The number of methoxy groups -OCH3 is 1. The summed E-state index contributed by atoms with van der Waals surface area (Å²) in [4.78, 5) is 65.8. The van der Waals surface area contributed by atoms with Gasteiger partial charge in [0.05, 0.1) is 81.6 Å². The second-order valence-corrected chi connectivity index (χ2v) is 21.0. The first kappa shape index (κ1) is 58.9. The minimum Gasteiger partial charge on any atom is -0.481 e. The molecule has 2 saturated heterocycles. The Bertz CT molecular complexity index is 2030. The number of nitrogens with two attached hydrogens (primary N) is 1. The number of aliphatic hydroxyl groups excluding tert-OH is 2. The summed E-state index contributed by atoms with van der Waals surface area (Å²) in [6.45, 7) is 19.1. The number of cyclic esters (lactones) is 1. The fraction of sp³-hybridized carbons (Fsp3) is 0.679. The van der Waals surface area contributed by atoms with Crippen LogP contribution in [0.4, 0.5) is 10.5 Å². The molecular weight excluding hydrogens is 915 g/mol. The first-order valence-electron chi connectivity index (χ1n) is 25.3. The molecule has 398 valence electrons. The molecule has 0 aliphatic carbocycles. The van der Waals surface area contributed by atoms with Crippen LogP contribution < -0.4 is 16.4 Å². The first-order valence-corrected chi connectivity index (χ1v) is 25.3. The molecule has 3 amide bonds. The van der Waals surface area contributed by atoms with Crippen molar-refractivity contribution in [2.24, 2.45) is 23.5 Å². The van der Waals surface area contributed by atoms with Gasteiger partial charge in [0.15, 0.2) is 6.10 Å². The molecule has 3 heterocycles. The summed E-state index contributed by atoms with van der Waals surface area (Å²) in [6.07, 6.45) is 6.24. The van der Waals surface area contributed by atoms with E-state index in [1.165, 1.54) is 7.11 Å². The number of hydrogen-bond donors (Lipinski definition) is 7. The van der Waals surface area contributed by atoms with E-state index >= 15 is 0 Å². The number of rotatable bonds is 21. The van der Waals surface area contributed by atoms with Crippen molar-refractivity contribution >= 4 is 35.5 Å². The number of quaternary nitrogens is 1. The minimum atomic E-state index is -1.21. The van der Waals surface area contributed by atoms with Crippen LogP contribution in [-0.4, -0.2) is 159 Å². The summed E-state index contributed by atoms with van der Waals surface area (Å²) < 4.78 is 24.6. The lowest BCUT2D eigenvalue weighted by atomic mass is 9.88. The molecule has 1 aromatic carbocycles. The number of carbonyl (C=O) groups excluding carboxylic acids is 4. The van der Waals surface area contributed by atoms with Crippen LogP contribution in [0.15, 0.2) is 60.2 Å². The molecule has 4 rings (SSSR count). The van der Waals surface area contributed by atoms with E-state index in [1.54, 1.807) is 62.1 Å². The van der Waals surface area contributed by atoms with Gasteiger partial charge < -0.3 is 60.2 Å². The number of nitrogens with zero attached hydrogens (tertiary/aromatic N) is 2. The van der Waals surface area contributed by atoms with Crippen LogP contribution in [0.25, 0.3) is 0 Å². The summed E-state index contributed by atoms with van der Waals surface area (Å²) in [6, 6.07) is 5.82. The maximum Gasteiger partial charge on any atom is 0.410 e. The van der Waals surface area contributed by atoms with E-state index in [9.17, 15) is 44.4 Å².